The molecule has 0 spiro atoms. The molecule has 150 valence electrons. The lowest BCUT2D eigenvalue weighted by Gasteiger charge is -2.35. The average Bonchev–Trinajstić information content (AvgIpc) is 2.96. The number of nitrogens with zero attached hydrogens (tertiary/aromatic N) is 2. The second-order valence-corrected chi connectivity index (χ2v) is 6.99. The van der Waals surface area contributed by atoms with Crippen LogP contribution >= 0.6 is 0 Å². The number of ether oxygens (including phenoxy) is 1. The molecule has 0 bridgehead atoms. The largest absolute Gasteiger partial charge is 0.376 e. The van der Waals surface area contributed by atoms with Crippen LogP contribution in [-0.4, -0.2) is 52.8 Å². The van der Waals surface area contributed by atoms with Gasteiger partial charge in [0.25, 0.3) is 5.91 Å². The molecule has 0 radical (unpaired) electrons. The van der Waals surface area contributed by atoms with E-state index in [0.717, 1.165) is 6.42 Å². The summed E-state index contributed by atoms with van der Waals surface area (Å²) in [6.07, 6.45) is 4.15. The first kappa shape index (κ1) is 20.9. The molecular formula is C18H29N5O4. The van der Waals surface area contributed by atoms with Crippen molar-refractivity contribution in [2.75, 3.05) is 13.2 Å². The van der Waals surface area contributed by atoms with Gasteiger partial charge in [0.15, 0.2) is 0 Å². The first-order valence-corrected chi connectivity index (χ1v) is 9.30. The molecule has 1 aromatic heterocycles. The SMILES string of the molecule is CCCO[C@@H]1CC[C@H](C(=O)NCC(N)=O)C[C@H]1NC(=O)c1cn(C)nc1C. The Balaban J connectivity index is 2.06. The highest BCUT2D eigenvalue weighted by atomic mass is 16.5. The first-order valence-electron chi connectivity index (χ1n) is 9.30. The molecule has 1 aromatic rings. The fourth-order valence-electron chi connectivity index (χ4n) is 3.39. The standard InChI is InChI=1S/C18H29N5O4/c1-4-7-27-15-6-5-12(17(25)20-9-16(19)24)8-14(15)21-18(26)13-10-23(3)22-11(13)2/h10,12,14-15H,4-9H2,1-3H3,(H2,19,24)(H,20,25)(H,21,26)/t12-,14+,15+/m0/s1. The van der Waals surface area contributed by atoms with E-state index in [0.29, 0.717) is 37.1 Å². The van der Waals surface area contributed by atoms with Crippen LogP contribution in [0.3, 0.4) is 0 Å². The summed E-state index contributed by atoms with van der Waals surface area (Å²) in [6.45, 7) is 4.22. The van der Waals surface area contributed by atoms with E-state index in [1.807, 2.05) is 6.92 Å². The Kier molecular flexibility index (Phi) is 7.35. The highest BCUT2D eigenvalue weighted by molar-refractivity contribution is 5.95. The Hall–Kier alpha value is -2.42. The zero-order valence-corrected chi connectivity index (χ0v) is 16.2. The molecule has 1 fully saturated rings. The molecule has 0 unspecified atom stereocenters. The average molecular weight is 379 g/mol. The Morgan fingerprint density at radius 1 is 1.37 bits per heavy atom. The van der Waals surface area contributed by atoms with Crippen LogP contribution in [0.4, 0.5) is 0 Å². The lowest BCUT2D eigenvalue weighted by atomic mass is 9.83. The van der Waals surface area contributed by atoms with Gasteiger partial charge in [0, 0.05) is 25.8 Å². The molecule has 3 amide bonds. The van der Waals surface area contributed by atoms with Crippen LogP contribution in [0.2, 0.25) is 0 Å². The van der Waals surface area contributed by atoms with Crippen molar-refractivity contribution in [2.24, 2.45) is 18.7 Å². The van der Waals surface area contributed by atoms with Crippen molar-refractivity contribution in [1.29, 1.82) is 0 Å². The molecule has 1 saturated carbocycles. The number of primary amides is 1. The maximum Gasteiger partial charge on any atom is 0.255 e. The Labute approximate surface area is 159 Å². The third-order valence-corrected chi connectivity index (χ3v) is 4.71. The normalized spacial score (nSPS) is 22.3. The van der Waals surface area contributed by atoms with Gasteiger partial charge >= 0.3 is 0 Å². The number of nitrogens with one attached hydrogen (secondary N) is 2. The van der Waals surface area contributed by atoms with Crippen LogP contribution in [0.25, 0.3) is 0 Å². The smallest absolute Gasteiger partial charge is 0.255 e. The Morgan fingerprint density at radius 2 is 2.11 bits per heavy atom. The Bertz CT molecular complexity index is 687. The number of nitrogens with two attached hydrogens (primary N) is 1. The minimum absolute atomic E-state index is 0.147. The molecule has 1 heterocycles. The quantitative estimate of drug-likeness (QED) is 0.587. The monoisotopic (exact) mass is 379 g/mol. The predicted octanol–water partition coefficient (Wildman–Crippen LogP) is 0.0237. The van der Waals surface area contributed by atoms with Crippen molar-refractivity contribution in [1.82, 2.24) is 20.4 Å². The zero-order valence-electron chi connectivity index (χ0n) is 16.2. The van der Waals surface area contributed by atoms with Crippen molar-refractivity contribution in [3.05, 3.63) is 17.5 Å². The molecule has 0 aliphatic heterocycles. The van der Waals surface area contributed by atoms with Gasteiger partial charge < -0.3 is 21.1 Å². The fourth-order valence-corrected chi connectivity index (χ4v) is 3.39. The molecule has 9 nitrogen and oxygen atoms in total. The number of carbonyl (C=O) groups excluding carboxylic acids is 3. The maximum absolute atomic E-state index is 12.7. The summed E-state index contributed by atoms with van der Waals surface area (Å²) in [5.41, 5.74) is 6.23. The summed E-state index contributed by atoms with van der Waals surface area (Å²) in [6, 6.07) is -0.290. The summed E-state index contributed by atoms with van der Waals surface area (Å²) >= 11 is 0. The van der Waals surface area contributed by atoms with Crippen LogP contribution in [0.15, 0.2) is 6.20 Å². The molecule has 2 rings (SSSR count). The number of rotatable bonds is 8. The van der Waals surface area contributed by atoms with Gasteiger partial charge in [0.1, 0.15) is 0 Å². The second kappa shape index (κ2) is 9.50. The molecule has 1 aliphatic rings. The number of hydrogen-bond acceptors (Lipinski definition) is 5. The zero-order chi connectivity index (χ0) is 20.0. The predicted molar refractivity (Wildman–Crippen MR) is 98.8 cm³/mol. The van der Waals surface area contributed by atoms with Gasteiger partial charge in [-0.05, 0) is 32.6 Å². The van der Waals surface area contributed by atoms with Crippen molar-refractivity contribution in [2.45, 2.75) is 51.7 Å². The molecule has 27 heavy (non-hydrogen) atoms. The number of carbonyl (C=O) groups is 3. The van der Waals surface area contributed by atoms with Gasteiger partial charge in [0.2, 0.25) is 11.8 Å². The minimum atomic E-state index is -0.583. The van der Waals surface area contributed by atoms with E-state index in [2.05, 4.69) is 15.7 Å². The third kappa shape index (κ3) is 5.78. The number of amides is 3. The third-order valence-electron chi connectivity index (χ3n) is 4.71. The Morgan fingerprint density at radius 3 is 2.70 bits per heavy atom. The van der Waals surface area contributed by atoms with Gasteiger partial charge in [-0.25, -0.2) is 0 Å². The summed E-state index contributed by atoms with van der Waals surface area (Å²) in [4.78, 5) is 35.9. The molecule has 0 aromatic carbocycles. The van der Waals surface area contributed by atoms with Crippen molar-refractivity contribution in [3.8, 4) is 0 Å². The number of hydrogen-bond donors (Lipinski definition) is 3. The van der Waals surface area contributed by atoms with Gasteiger partial charge in [-0.2, -0.15) is 5.10 Å². The van der Waals surface area contributed by atoms with Crippen LogP contribution in [-0.2, 0) is 21.4 Å². The highest BCUT2D eigenvalue weighted by Gasteiger charge is 2.35. The van der Waals surface area contributed by atoms with Crippen molar-refractivity contribution in [3.63, 3.8) is 0 Å². The van der Waals surface area contributed by atoms with Crippen LogP contribution in [0, 0.1) is 12.8 Å². The number of aromatic nitrogens is 2. The van der Waals surface area contributed by atoms with Crippen LogP contribution in [0.1, 0.15) is 48.7 Å². The van der Waals surface area contributed by atoms with E-state index in [1.54, 1.807) is 24.9 Å². The number of aryl methyl sites for hydroxylation is 2. The lowest BCUT2D eigenvalue weighted by Crippen LogP contribution is -2.51. The van der Waals surface area contributed by atoms with E-state index in [-0.39, 0.29) is 36.4 Å². The topological polar surface area (TPSA) is 128 Å². The van der Waals surface area contributed by atoms with E-state index < -0.39 is 5.91 Å². The summed E-state index contributed by atoms with van der Waals surface area (Å²) < 4.78 is 7.50. The van der Waals surface area contributed by atoms with E-state index >= 15 is 0 Å². The van der Waals surface area contributed by atoms with Gasteiger partial charge in [0.05, 0.1) is 29.9 Å². The molecule has 3 atom stereocenters. The second-order valence-electron chi connectivity index (χ2n) is 6.99. The summed E-state index contributed by atoms with van der Waals surface area (Å²) in [5.74, 6) is -1.33. The summed E-state index contributed by atoms with van der Waals surface area (Å²) in [7, 11) is 1.76. The molecular weight excluding hydrogens is 350 g/mol. The van der Waals surface area contributed by atoms with Gasteiger partial charge in [-0.15, -0.1) is 0 Å². The summed E-state index contributed by atoms with van der Waals surface area (Å²) in [5, 5.41) is 9.75. The van der Waals surface area contributed by atoms with E-state index in [9.17, 15) is 14.4 Å². The van der Waals surface area contributed by atoms with Crippen LogP contribution in [0.5, 0.6) is 0 Å². The minimum Gasteiger partial charge on any atom is -0.376 e. The van der Waals surface area contributed by atoms with Gasteiger partial charge in [-0.3, -0.25) is 19.1 Å². The van der Waals surface area contributed by atoms with Gasteiger partial charge in [-0.1, -0.05) is 6.92 Å². The molecule has 4 N–H and O–H groups in total. The van der Waals surface area contributed by atoms with Crippen LogP contribution < -0.4 is 16.4 Å². The first-order chi connectivity index (χ1) is 12.8. The van der Waals surface area contributed by atoms with Crippen molar-refractivity contribution >= 4 is 17.7 Å². The molecule has 9 heteroatoms. The van der Waals surface area contributed by atoms with E-state index in [1.165, 1.54) is 0 Å². The van der Waals surface area contributed by atoms with Crippen molar-refractivity contribution < 1.29 is 19.1 Å². The maximum atomic E-state index is 12.7. The van der Waals surface area contributed by atoms with E-state index in [4.69, 9.17) is 10.5 Å². The molecule has 0 saturated heterocycles. The highest BCUT2D eigenvalue weighted by Crippen LogP contribution is 2.27. The lowest BCUT2D eigenvalue weighted by molar-refractivity contribution is -0.129. The molecule has 1 aliphatic carbocycles. The fraction of sp³-hybridized carbons (Fsp3) is 0.667.